The Hall–Kier alpha value is -1.62. The van der Waals surface area contributed by atoms with Crippen LogP contribution in [0.25, 0.3) is 0 Å². The van der Waals surface area contributed by atoms with E-state index in [0.29, 0.717) is 23.8 Å². The summed E-state index contributed by atoms with van der Waals surface area (Å²) in [4.78, 5) is 20.4. The molecule has 1 aromatic heterocycles. The third-order valence-electron chi connectivity index (χ3n) is 2.69. The van der Waals surface area contributed by atoms with Gasteiger partial charge < -0.3 is 15.5 Å². The number of carbonyl (C=O) groups excluding carboxylic acids is 1. The second-order valence-electron chi connectivity index (χ2n) is 5.42. The fourth-order valence-electron chi connectivity index (χ4n) is 1.76. The van der Waals surface area contributed by atoms with Crippen molar-refractivity contribution >= 4 is 11.6 Å². The Morgan fingerprint density at radius 1 is 1.37 bits per heavy atom. The van der Waals surface area contributed by atoms with Crippen molar-refractivity contribution in [2.45, 2.75) is 13.8 Å². The molecule has 1 heterocycles. The van der Waals surface area contributed by atoms with Crippen LogP contribution in [0, 0.1) is 5.92 Å². The maximum absolute atomic E-state index is 12.4. The van der Waals surface area contributed by atoms with Crippen LogP contribution in [-0.4, -0.2) is 54.4 Å². The highest BCUT2D eigenvalue weighted by molar-refractivity contribution is 5.93. The number of likely N-dealkylation sites (N-methyl/N-ethyl adjacent to an activating group) is 1. The Morgan fingerprint density at radius 2 is 2.05 bits per heavy atom. The molecule has 5 heteroatoms. The molecule has 0 bridgehead atoms. The summed E-state index contributed by atoms with van der Waals surface area (Å²) in [6.45, 7) is 6.45. The van der Waals surface area contributed by atoms with Gasteiger partial charge in [-0.1, -0.05) is 13.8 Å². The quantitative estimate of drug-likeness (QED) is 0.842. The number of hydrogen-bond acceptors (Lipinski definition) is 4. The average molecular weight is 264 g/mol. The minimum atomic E-state index is -0.0529. The first-order valence-corrected chi connectivity index (χ1v) is 6.55. The number of rotatable bonds is 6. The van der Waals surface area contributed by atoms with Crippen molar-refractivity contribution in [3.8, 4) is 0 Å². The molecule has 2 N–H and O–H groups in total. The maximum atomic E-state index is 12.4. The standard InChI is InChI=1S/C14H24N4O/c1-11(2)10-18(8-7-17(3)4)14(19)13-9-12(15)5-6-16-13/h5-6,9,11H,7-8,10H2,1-4H3,(H2,15,16). The van der Waals surface area contributed by atoms with Crippen molar-refractivity contribution in [3.63, 3.8) is 0 Å². The van der Waals surface area contributed by atoms with Gasteiger partial charge in [0.1, 0.15) is 5.69 Å². The van der Waals surface area contributed by atoms with E-state index in [-0.39, 0.29) is 5.91 Å². The van der Waals surface area contributed by atoms with Crippen LogP contribution >= 0.6 is 0 Å². The Kier molecular flexibility index (Phi) is 5.76. The van der Waals surface area contributed by atoms with Gasteiger partial charge in [0, 0.05) is 31.5 Å². The summed E-state index contributed by atoms with van der Waals surface area (Å²) in [5, 5.41) is 0. The summed E-state index contributed by atoms with van der Waals surface area (Å²) in [6, 6.07) is 3.31. The van der Waals surface area contributed by atoms with Gasteiger partial charge in [-0.25, -0.2) is 0 Å². The third kappa shape index (κ3) is 5.26. The minimum absolute atomic E-state index is 0.0529. The predicted molar refractivity (Wildman–Crippen MR) is 77.9 cm³/mol. The van der Waals surface area contributed by atoms with E-state index in [9.17, 15) is 4.79 Å². The number of amides is 1. The number of carbonyl (C=O) groups is 1. The zero-order chi connectivity index (χ0) is 14.4. The van der Waals surface area contributed by atoms with Gasteiger partial charge in [-0.2, -0.15) is 0 Å². The summed E-state index contributed by atoms with van der Waals surface area (Å²) < 4.78 is 0. The van der Waals surface area contributed by atoms with Gasteiger partial charge in [0.05, 0.1) is 0 Å². The van der Waals surface area contributed by atoms with E-state index in [2.05, 4.69) is 23.7 Å². The summed E-state index contributed by atoms with van der Waals surface area (Å²) in [6.07, 6.45) is 1.57. The molecule has 0 aliphatic rings. The highest BCUT2D eigenvalue weighted by atomic mass is 16.2. The summed E-state index contributed by atoms with van der Waals surface area (Å²) in [7, 11) is 3.99. The molecule has 0 unspecified atom stereocenters. The molecule has 0 atom stereocenters. The van der Waals surface area contributed by atoms with Gasteiger partial charge in [0.2, 0.25) is 0 Å². The number of anilines is 1. The van der Waals surface area contributed by atoms with Gasteiger partial charge in [0.15, 0.2) is 0 Å². The van der Waals surface area contributed by atoms with Crippen LogP contribution in [0.1, 0.15) is 24.3 Å². The minimum Gasteiger partial charge on any atom is -0.399 e. The highest BCUT2D eigenvalue weighted by Gasteiger charge is 2.18. The lowest BCUT2D eigenvalue weighted by Gasteiger charge is -2.25. The van der Waals surface area contributed by atoms with E-state index < -0.39 is 0 Å². The van der Waals surface area contributed by atoms with E-state index in [1.807, 2.05) is 19.0 Å². The van der Waals surface area contributed by atoms with Gasteiger partial charge >= 0.3 is 0 Å². The van der Waals surface area contributed by atoms with Crippen LogP contribution in [-0.2, 0) is 0 Å². The molecule has 5 nitrogen and oxygen atoms in total. The Balaban J connectivity index is 2.81. The Bertz CT molecular complexity index is 418. The van der Waals surface area contributed by atoms with E-state index >= 15 is 0 Å². The smallest absolute Gasteiger partial charge is 0.272 e. The van der Waals surface area contributed by atoms with E-state index in [1.54, 1.807) is 18.3 Å². The first-order chi connectivity index (χ1) is 8.90. The van der Waals surface area contributed by atoms with Crippen molar-refractivity contribution in [1.29, 1.82) is 0 Å². The molecule has 0 fully saturated rings. The SMILES string of the molecule is CC(C)CN(CCN(C)C)C(=O)c1cc(N)ccn1. The van der Waals surface area contributed by atoms with E-state index in [0.717, 1.165) is 13.1 Å². The van der Waals surface area contributed by atoms with Crippen LogP contribution in [0.2, 0.25) is 0 Å². The van der Waals surface area contributed by atoms with Gasteiger partial charge in [0.25, 0.3) is 5.91 Å². The number of nitrogens with two attached hydrogens (primary N) is 1. The lowest BCUT2D eigenvalue weighted by Crippen LogP contribution is -2.39. The van der Waals surface area contributed by atoms with Crippen molar-refractivity contribution in [2.24, 2.45) is 5.92 Å². The molecule has 0 aliphatic heterocycles. The average Bonchev–Trinajstić information content (AvgIpc) is 2.33. The first kappa shape index (κ1) is 15.4. The van der Waals surface area contributed by atoms with Crippen LogP contribution in [0.4, 0.5) is 5.69 Å². The van der Waals surface area contributed by atoms with Crippen molar-refractivity contribution in [2.75, 3.05) is 39.5 Å². The summed E-state index contributed by atoms with van der Waals surface area (Å²) in [5.41, 5.74) is 6.68. The molecule has 0 radical (unpaired) electrons. The number of hydrogen-bond donors (Lipinski definition) is 1. The second-order valence-corrected chi connectivity index (χ2v) is 5.42. The fraction of sp³-hybridized carbons (Fsp3) is 0.571. The normalized spacial score (nSPS) is 11.1. The summed E-state index contributed by atoms with van der Waals surface area (Å²) in [5.74, 6) is 0.370. The number of pyridine rings is 1. The monoisotopic (exact) mass is 264 g/mol. The van der Waals surface area contributed by atoms with Crippen LogP contribution < -0.4 is 5.73 Å². The Labute approximate surface area is 115 Å². The maximum Gasteiger partial charge on any atom is 0.272 e. The van der Waals surface area contributed by atoms with Gasteiger partial charge in [-0.3, -0.25) is 9.78 Å². The zero-order valence-corrected chi connectivity index (χ0v) is 12.3. The molecular weight excluding hydrogens is 240 g/mol. The molecule has 0 aromatic carbocycles. The van der Waals surface area contributed by atoms with Crippen LogP contribution in [0.3, 0.4) is 0 Å². The molecule has 1 rings (SSSR count). The zero-order valence-electron chi connectivity index (χ0n) is 12.3. The second kappa shape index (κ2) is 7.09. The molecule has 19 heavy (non-hydrogen) atoms. The molecule has 106 valence electrons. The lowest BCUT2D eigenvalue weighted by atomic mass is 10.2. The van der Waals surface area contributed by atoms with Crippen molar-refractivity contribution in [3.05, 3.63) is 24.0 Å². The highest BCUT2D eigenvalue weighted by Crippen LogP contribution is 2.08. The third-order valence-corrected chi connectivity index (χ3v) is 2.69. The largest absolute Gasteiger partial charge is 0.399 e. The van der Waals surface area contributed by atoms with Gasteiger partial charge in [-0.15, -0.1) is 0 Å². The van der Waals surface area contributed by atoms with E-state index in [4.69, 9.17) is 5.73 Å². The van der Waals surface area contributed by atoms with Crippen LogP contribution in [0.15, 0.2) is 18.3 Å². The molecular formula is C14H24N4O. The summed E-state index contributed by atoms with van der Waals surface area (Å²) >= 11 is 0. The Morgan fingerprint density at radius 3 is 2.58 bits per heavy atom. The predicted octanol–water partition coefficient (Wildman–Crippen LogP) is 1.32. The molecule has 0 aliphatic carbocycles. The van der Waals surface area contributed by atoms with Crippen molar-refractivity contribution in [1.82, 2.24) is 14.8 Å². The molecule has 1 amide bonds. The number of nitrogen functional groups attached to an aromatic ring is 1. The van der Waals surface area contributed by atoms with Crippen LogP contribution in [0.5, 0.6) is 0 Å². The topological polar surface area (TPSA) is 62.5 Å². The molecule has 0 spiro atoms. The van der Waals surface area contributed by atoms with E-state index in [1.165, 1.54) is 0 Å². The fourth-order valence-corrected chi connectivity index (χ4v) is 1.76. The number of nitrogens with zero attached hydrogens (tertiary/aromatic N) is 3. The molecule has 0 saturated carbocycles. The lowest BCUT2D eigenvalue weighted by molar-refractivity contribution is 0.0719. The van der Waals surface area contributed by atoms with Crippen molar-refractivity contribution < 1.29 is 4.79 Å². The first-order valence-electron chi connectivity index (χ1n) is 6.55. The van der Waals surface area contributed by atoms with Gasteiger partial charge in [-0.05, 0) is 32.1 Å². The molecule has 1 aromatic rings. The number of aromatic nitrogens is 1. The molecule has 0 saturated heterocycles.